The van der Waals surface area contributed by atoms with Gasteiger partial charge in [-0.05, 0) is 49.9 Å². The summed E-state index contributed by atoms with van der Waals surface area (Å²) in [4.78, 5) is 12.7. The third kappa shape index (κ3) is 4.32. The molecule has 0 radical (unpaired) electrons. The van der Waals surface area contributed by atoms with E-state index in [2.05, 4.69) is 10.2 Å². The third-order valence-corrected chi connectivity index (χ3v) is 6.25. The van der Waals surface area contributed by atoms with Crippen molar-refractivity contribution in [3.05, 3.63) is 28.3 Å². The minimum absolute atomic E-state index is 0.269. The van der Waals surface area contributed by atoms with Gasteiger partial charge in [0, 0.05) is 25.8 Å². The van der Waals surface area contributed by atoms with E-state index in [1.165, 1.54) is 12.1 Å². The van der Waals surface area contributed by atoms with Crippen molar-refractivity contribution >= 4 is 21.4 Å². The average Bonchev–Trinajstić information content (AvgIpc) is 3.04. The van der Waals surface area contributed by atoms with Gasteiger partial charge in [0.1, 0.15) is 5.69 Å². The third-order valence-electron chi connectivity index (χ3n) is 5.34. The van der Waals surface area contributed by atoms with Gasteiger partial charge in [-0.2, -0.15) is 0 Å². The number of nitrogens with zero attached hydrogens (tertiary/aromatic N) is 2. The molecule has 3 rings (SSSR count). The maximum atomic E-state index is 11.4. The van der Waals surface area contributed by atoms with Crippen molar-refractivity contribution in [2.45, 2.75) is 24.2 Å². The van der Waals surface area contributed by atoms with Gasteiger partial charge in [0.05, 0.1) is 16.4 Å². The van der Waals surface area contributed by atoms with Crippen molar-refractivity contribution in [1.29, 1.82) is 0 Å². The van der Waals surface area contributed by atoms with Crippen molar-refractivity contribution in [2.24, 2.45) is 10.6 Å². The van der Waals surface area contributed by atoms with Crippen LogP contribution in [0.25, 0.3) is 0 Å². The number of nitro groups is 1. The van der Waals surface area contributed by atoms with Crippen LogP contribution in [0, 0.1) is 15.5 Å². The fourth-order valence-corrected chi connectivity index (χ4v) is 4.17. The van der Waals surface area contributed by atoms with Crippen LogP contribution in [0.5, 0.6) is 0 Å². The molecule has 0 aliphatic carbocycles. The normalized spacial score (nSPS) is 20.3. The molecule has 0 saturated carbocycles. The number of piperidine rings is 1. The molecule has 0 unspecified atom stereocenters. The molecule has 26 heavy (non-hydrogen) atoms. The zero-order valence-corrected chi connectivity index (χ0v) is 15.3. The number of ether oxygens (including phenoxy) is 1. The molecule has 0 bridgehead atoms. The summed E-state index contributed by atoms with van der Waals surface area (Å²) in [5, 5.41) is 19.3. The average molecular weight is 384 g/mol. The minimum atomic E-state index is -3.98. The Hall–Kier alpha value is -1.75. The molecule has 144 valence electrons. The van der Waals surface area contributed by atoms with Crippen LogP contribution in [0.2, 0.25) is 0 Å². The summed E-state index contributed by atoms with van der Waals surface area (Å²) >= 11 is 0. The number of benzene rings is 1. The SMILES string of the molecule is NS(=O)(=O)c1ccc(NCCN2CCC3(CCOC3)CC2)c([N+](=O)[O-])c1. The van der Waals surface area contributed by atoms with E-state index in [0.29, 0.717) is 17.6 Å². The molecule has 0 amide bonds. The topological polar surface area (TPSA) is 128 Å². The fraction of sp³-hybridized carbons (Fsp3) is 0.625. The van der Waals surface area contributed by atoms with Gasteiger partial charge >= 0.3 is 0 Å². The van der Waals surface area contributed by atoms with E-state index in [0.717, 1.165) is 58.2 Å². The molecule has 1 aromatic carbocycles. The van der Waals surface area contributed by atoms with Gasteiger partial charge in [-0.3, -0.25) is 10.1 Å². The van der Waals surface area contributed by atoms with E-state index in [-0.39, 0.29) is 10.6 Å². The molecule has 2 saturated heterocycles. The Morgan fingerprint density at radius 1 is 1.31 bits per heavy atom. The van der Waals surface area contributed by atoms with Crippen LogP contribution in [0.15, 0.2) is 23.1 Å². The molecular formula is C16H24N4O5S. The van der Waals surface area contributed by atoms with Crippen molar-refractivity contribution in [3.8, 4) is 0 Å². The first-order chi connectivity index (χ1) is 12.3. The summed E-state index contributed by atoms with van der Waals surface area (Å²) in [5.74, 6) is 0. The Morgan fingerprint density at radius 2 is 2.04 bits per heavy atom. The van der Waals surface area contributed by atoms with Crippen LogP contribution >= 0.6 is 0 Å². The van der Waals surface area contributed by atoms with Gasteiger partial charge in [-0.15, -0.1) is 0 Å². The van der Waals surface area contributed by atoms with E-state index in [4.69, 9.17) is 9.88 Å². The van der Waals surface area contributed by atoms with Crippen LogP contribution in [0.1, 0.15) is 19.3 Å². The second-order valence-electron chi connectivity index (χ2n) is 7.05. The van der Waals surface area contributed by atoms with E-state index in [1.54, 1.807) is 0 Å². The van der Waals surface area contributed by atoms with Crippen LogP contribution in [0.4, 0.5) is 11.4 Å². The van der Waals surface area contributed by atoms with E-state index < -0.39 is 14.9 Å². The monoisotopic (exact) mass is 384 g/mol. The molecule has 2 aliphatic rings. The summed E-state index contributed by atoms with van der Waals surface area (Å²) in [5.41, 5.74) is 0.351. The first kappa shape index (κ1) is 19.0. The molecule has 1 aromatic rings. The van der Waals surface area contributed by atoms with Gasteiger partial charge in [-0.25, -0.2) is 13.6 Å². The maximum Gasteiger partial charge on any atom is 0.293 e. The summed E-state index contributed by atoms with van der Waals surface area (Å²) in [6.07, 6.45) is 3.38. The summed E-state index contributed by atoms with van der Waals surface area (Å²) < 4.78 is 28.3. The van der Waals surface area contributed by atoms with Crippen LogP contribution < -0.4 is 10.5 Å². The van der Waals surface area contributed by atoms with E-state index >= 15 is 0 Å². The molecule has 2 aliphatic heterocycles. The lowest BCUT2D eigenvalue weighted by molar-refractivity contribution is -0.384. The first-order valence-corrected chi connectivity index (χ1v) is 10.2. The number of nitro benzene ring substituents is 1. The number of hydrogen-bond acceptors (Lipinski definition) is 7. The Kier molecular flexibility index (Phi) is 5.47. The number of nitrogens with two attached hydrogens (primary N) is 1. The lowest BCUT2D eigenvalue weighted by Crippen LogP contribution is -2.42. The van der Waals surface area contributed by atoms with Gasteiger partial charge in [0.2, 0.25) is 10.0 Å². The number of sulfonamides is 1. The van der Waals surface area contributed by atoms with Crippen LogP contribution in [-0.2, 0) is 14.8 Å². The van der Waals surface area contributed by atoms with Crippen molar-refractivity contribution in [3.63, 3.8) is 0 Å². The van der Waals surface area contributed by atoms with Crippen molar-refractivity contribution in [1.82, 2.24) is 4.90 Å². The first-order valence-electron chi connectivity index (χ1n) is 8.64. The Bertz CT molecular complexity index is 767. The fourth-order valence-electron chi connectivity index (χ4n) is 3.63. The molecular weight excluding hydrogens is 360 g/mol. The number of primary sulfonamides is 1. The highest BCUT2D eigenvalue weighted by Gasteiger charge is 2.37. The van der Waals surface area contributed by atoms with E-state index in [1.807, 2.05) is 0 Å². The number of likely N-dealkylation sites (tertiary alicyclic amines) is 1. The highest BCUT2D eigenvalue weighted by Crippen LogP contribution is 2.38. The lowest BCUT2D eigenvalue weighted by atomic mass is 9.78. The van der Waals surface area contributed by atoms with Crippen LogP contribution in [-0.4, -0.2) is 57.6 Å². The van der Waals surface area contributed by atoms with Gasteiger partial charge in [-0.1, -0.05) is 0 Å². The summed E-state index contributed by atoms with van der Waals surface area (Å²) in [6.45, 7) is 5.03. The number of rotatable bonds is 6. The minimum Gasteiger partial charge on any atom is -0.381 e. The number of hydrogen-bond donors (Lipinski definition) is 2. The zero-order valence-electron chi connectivity index (χ0n) is 14.5. The molecule has 2 fully saturated rings. The van der Waals surface area contributed by atoms with E-state index in [9.17, 15) is 18.5 Å². The second-order valence-corrected chi connectivity index (χ2v) is 8.61. The second kappa shape index (κ2) is 7.47. The summed E-state index contributed by atoms with van der Waals surface area (Å²) in [6, 6.07) is 3.65. The molecule has 1 spiro atoms. The predicted molar refractivity (Wildman–Crippen MR) is 96.5 cm³/mol. The van der Waals surface area contributed by atoms with Gasteiger partial charge in [0.15, 0.2) is 0 Å². The van der Waals surface area contributed by atoms with Gasteiger partial charge < -0.3 is 15.0 Å². The predicted octanol–water partition coefficient (Wildman–Crippen LogP) is 1.16. The molecule has 0 aromatic heterocycles. The quantitative estimate of drug-likeness (QED) is 0.556. The maximum absolute atomic E-state index is 11.4. The Labute approximate surface area is 152 Å². The molecule has 0 atom stereocenters. The summed E-state index contributed by atoms with van der Waals surface area (Å²) in [7, 11) is -3.98. The van der Waals surface area contributed by atoms with Gasteiger partial charge in [0.25, 0.3) is 5.69 Å². The van der Waals surface area contributed by atoms with Crippen molar-refractivity contribution < 1.29 is 18.1 Å². The number of anilines is 1. The zero-order chi connectivity index (χ0) is 18.8. The highest BCUT2D eigenvalue weighted by molar-refractivity contribution is 7.89. The molecule has 9 nitrogen and oxygen atoms in total. The molecule has 2 heterocycles. The largest absolute Gasteiger partial charge is 0.381 e. The van der Waals surface area contributed by atoms with Crippen molar-refractivity contribution in [2.75, 3.05) is 44.7 Å². The standard InChI is InChI=1S/C16H24N4O5S/c17-26(23,24)13-1-2-14(15(11-13)20(21)22)18-6-9-19-7-3-16(4-8-19)5-10-25-12-16/h1-2,11,18H,3-10,12H2,(H2,17,23,24). The molecule has 10 heteroatoms. The highest BCUT2D eigenvalue weighted by atomic mass is 32.2. The lowest BCUT2D eigenvalue weighted by Gasteiger charge is -2.38. The Balaban J connectivity index is 1.55. The Morgan fingerprint density at radius 3 is 2.62 bits per heavy atom. The smallest absolute Gasteiger partial charge is 0.293 e. The molecule has 3 N–H and O–H groups in total. The van der Waals surface area contributed by atoms with Crippen LogP contribution in [0.3, 0.4) is 0 Å². The number of nitrogens with one attached hydrogen (secondary N) is 1.